The van der Waals surface area contributed by atoms with E-state index in [-0.39, 0.29) is 18.5 Å². The van der Waals surface area contributed by atoms with Crippen LogP contribution in [0.4, 0.5) is 0 Å². The van der Waals surface area contributed by atoms with Gasteiger partial charge in [-0.05, 0) is 37.0 Å². The van der Waals surface area contributed by atoms with Crippen molar-refractivity contribution in [3.05, 3.63) is 42.5 Å². The van der Waals surface area contributed by atoms with Crippen LogP contribution in [0.1, 0.15) is 18.4 Å². The molecule has 0 radical (unpaired) electrons. The van der Waals surface area contributed by atoms with Crippen molar-refractivity contribution in [3.8, 4) is 5.75 Å². The van der Waals surface area contributed by atoms with Crippen LogP contribution in [0.3, 0.4) is 0 Å². The van der Waals surface area contributed by atoms with Crippen LogP contribution < -0.4 is 4.74 Å². The van der Waals surface area contributed by atoms with Crippen LogP contribution in [0.25, 0.3) is 0 Å². The maximum absolute atomic E-state index is 12.4. The summed E-state index contributed by atoms with van der Waals surface area (Å²) < 4.78 is 6.75. The van der Waals surface area contributed by atoms with E-state index in [9.17, 15) is 4.79 Å². The van der Waals surface area contributed by atoms with Gasteiger partial charge in [0.05, 0.1) is 7.11 Å². The lowest BCUT2D eigenvalue weighted by Crippen LogP contribution is -2.39. The van der Waals surface area contributed by atoms with Crippen molar-refractivity contribution in [3.63, 3.8) is 0 Å². The average molecular weight is 300 g/mol. The number of hydrogen-bond acceptors (Lipinski definition) is 4. The van der Waals surface area contributed by atoms with Gasteiger partial charge in [-0.3, -0.25) is 4.79 Å². The van der Waals surface area contributed by atoms with Gasteiger partial charge in [0.1, 0.15) is 24.9 Å². The van der Waals surface area contributed by atoms with E-state index in [1.807, 2.05) is 17.0 Å². The minimum absolute atomic E-state index is 0.113. The maximum Gasteiger partial charge on any atom is 0.244 e. The molecule has 6 nitrogen and oxygen atoms in total. The summed E-state index contributed by atoms with van der Waals surface area (Å²) in [5.41, 5.74) is 1.23. The molecule has 1 amide bonds. The van der Waals surface area contributed by atoms with Crippen LogP contribution in [-0.4, -0.2) is 45.3 Å². The van der Waals surface area contributed by atoms with Crippen molar-refractivity contribution in [1.82, 2.24) is 19.7 Å². The lowest BCUT2D eigenvalue weighted by atomic mass is 10.0. The molecule has 2 aromatic rings. The van der Waals surface area contributed by atoms with E-state index in [4.69, 9.17) is 4.74 Å². The SMILES string of the molecule is COc1ccc(C[C@H]2CCCN2C(=O)Cn2cncn2)cc1. The van der Waals surface area contributed by atoms with E-state index in [0.717, 1.165) is 31.6 Å². The summed E-state index contributed by atoms with van der Waals surface area (Å²) in [6.45, 7) is 1.09. The number of hydrogen-bond donors (Lipinski definition) is 0. The molecule has 1 aliphatic rings. The Balaban J connectivity index is 1.63. The summed E-state index contributed by atoms with van der Waals surface area (Å²) in [7, 11) is 1.66. The lowest BCUT2D eigenvalue weighted by Gasteiger charge is -2.25. The molecule has 0 N–H and O–H groups in total. The fourth-order valence-electron chi connectivity index (χ4n) is 2.95. The summed E-state index contributed by atoms with van der Waals surface area (Å²) >= 11 is 0. The Kier molecular flexibility index (Phi) is 4.37. The normalized spacial score (nSPS) is 17.7. The zero-order valence-electron chi connectivity index (χ0n) is 12.7. The molecule has 1 aromatic heterocycles. The first kappa shape index (κ1) is 14.6. The molecule has 6 heteroatoms. The highest BCUT2D eigenvalue weighted by molar-refractivity contribution is 5.76. The number of benzene rings is 1. The van der Waals surface area contributed by atoms with E-state index in [1.165, 1.54) is 11.9 Å². The van der Waals surface area contributed by atoms with Gasteiger partial charge in [0.2, 0.25) is 5.91 Å². The van der Waals surface area contributed by atoms with Crippen molar-refractivity contribution < 1.29 is 9.53 Å². The largest absolute Gasteiger partial charge is 0.497 e. The summed E-state index contributed by atoms with van der Waals surface area (Å²) in [5.74, 6) is 0.968. The second-order valence-electron chi connectivity index (χ2n) is 5.53. The highest BCUT2D eigenvalue weighted by Crippen LogP contribution is 2.22. The maximum atomic E-state index is 12.4. The fraction of sp³-hybridized carbons (Fsp3) is 0.438. The van der Waals surface area contributed by atoms with E-state index in [0.29, 0.717) is 0 Å². The molecular weight excluding hydrogens is 280 g/mol. The molecule has 0 saturated carbocycles. The number of carbonyl (C=O) groups is 1. The second-order valence-corrected chi connectivity index (χ2v) is 5.53. The van der Waals surface area contributed by atoms with Crippen molar-refractivity contribution in [2.45, 2.75) is 31.8 Å². The van der Waals surface area contributed by atoms with Gasteiger partial charge in [-0.25, -0.2) is 9.67 Å². The Morgan fingerprint density at radius 2 is 2.18 bits per heavy atom. The third kappa shape index (κ3) is 3.27. The number of ether oxygens (including phenoxy) is 1. The Morgan fingerprint density at radius 3 is 2.86 bits per heavy atom. The van der Waals surface area contributed by atoms with Gasteiger partial charge in [-0.2, -0.15) is 5.10 Å². The minimum atomic E-state index is 0.113. The van der Waals surface area contributed by atoms with E-state index in [1.54, 1.807) is 18.1 Å². The number of aromatic nitrogens is 3. The summed E-state index contributed by atoms with van der Waals surface area (Å²) in [6, 6.07) is 8.33. The standard InChI is InChI=1S/C16H20N4O2/c1-22-15-6-4-13(5-7-15)9-14-3-2-8-20(14)16(21)10-19-12-17-11-18-19/h4-7,11-12,14H,2-3,8-10H2,1H3/t14-/m1/s1. The summed E-state index contributed by atoms with van der Waals surface area (Å²) in [5, 5.41) is 4.00. The van der Waals surface area contributed by atoms with Crippen LogP contribution in [0.15, 0.2) is 36.9 Å². The molecule has 116 valence electrons. The highest BCUT2D eigenvalue weighted by atomic mass is 16.5. The second kappa shape index (κ2) is 6.60. The predicted molar refractivity (Wildman–Crippen MR) is 81.5 cm³/mol. The number of likely N-dealkylation sites (tertiary alicyclic amines) is 1. The first-order valence-electron chi connectivity index (χ1n) is 7.51. The zero-order chi connectivity index (χ0) is 15.4. The molecule has 1 aromatic carbocycles. The smallest absolute Gasteiger partial charge is 0.244 e. The molecule has 1 saturated heterocycles. The van der Waals surface area contributed by atoms with Gasteiger partial charge in [0.15, 0.2) is 0 Å². The van der Waals surface area contributed by atoms with Crippen molar-refractivity contribution in [2.24, 2.45) is 0 Å². The highest BCUT2D eigenvalue weighted by Gasteiger charge is 2.28. The molecule has 2 heterocycles. The van der Waals surface area contributed by atoms with Gasteiger partial charge in [-0.1, -0.05) is 12.1 Å². The quantitative estimate of drug-likeness (QED) is 0.840. The van der Waals surface area contributed by atoms with Crippen molar-refractivity contribution >= 4 is 5.91 Å². The zero-order valence-corrected chi connectivity index (χ0v) is 12.7. The number of carbonyl (C=O) groups excluding carboxylic acids is 1. The number of methoxy groups -OCH3 is 1. The lowest BCUT2D eigenvalue weighted by molar-refractivity contribution is -0.132. The molecule has 1 atom stereocenters. The van der Waals surface area contributed by atoms with Gasteiger partial charge in [0.25, 0.3) is 0 Å². The number of rotatable bonds is 5. The van der Waals surface area contributed by atoms with Crippen LogP contribution in [0, 0.1) is 0 Å². The molecule has 0 aliphatic carbocycles. The molecule has 1 fully saturated rings. The fourth-order valence-corrected chi connectivity index (χ4v) is 2.95. The number of nitrogens with zero attached hydrogens (tertiary/aromatic N) is 4. The Labute approximate surface area is 129 Å². The third-order valence-corrected chi connectivity index (χ3v) is 4.09. The van der Waals surface area contributed by atoms with Crippen LogP contribution in [0.5, 0.6) is 5.75 Å². The predicted octanol–water partition coefficient (Wildman–Crippen LogP) is 1.52. The Morgan fingerprint density at radius 1 is 1.36 bits per heavy atom. The van der Waals surface area contributed by atoms with Gasteiger partial charge in [0, 0.05) is 12.6 Å². The van der Waals surface area contributed by atoms with Gasteiger partial charge < -0.3 is 9.64 Å². The van der Waals surface area contributed by atoms with E-state index >= 15 is 0 Å². The van der Waals surface area contributed by atoms with Crippen LogP contribution in [-0.2, 0) is 17.8 Å². The summed E-state index contributed by atoms with van der Waals surface area (Å²) in [6.07, 6.45) is 6.02. The van der Waals surface area contributed by atoms with E-state index < -0.39 is 0 Å². The molecule has 0 bridgehead atoms. The van der Waals surface area contributed by atoms with Gasteiger partial charge in [-0.15, -0.1) is 0 Å². The Bertz CT molecular complexity index is 610. The van der Waals surface area contributed by atoms with Crippen LogP contribution in [0.2, 0.25) is 0 Å². The minimum Gasteiger partial charge on any atom is -0.497 e. The first-order chi connectivity index (χ1) is 10.8. The first-order valence-corrected chi connectivity index (χ1v) is 7.51. The third-order valence-electron chi connectivity index (χ3n) is 4.09. The molecule has 0 unspecified atom stereocenters. The van der Waals surface area contributed by atoms with Crippen LogP contribution >= 0.6 is 0 Å². The molecular formula is C16H20N4O2. The molecule has 0 spiro atoms. The monoisotopic (exact) mass is 300 g/mol. The Hall–Kier alpha value is -2.37. The topological polar surface area (TPSA) is 60.2 Å². The summed E-state index contributed by atoms with van der Waals surface area (Å²) in [4.78, 5) is 18.3. The number of amides is 1. The van der Waals surface area contributed by atoms with Crippen molar-refractivity contribution in [1.29, 1.82) is 0 Å². The van der Waals surface area contributed by atoms with Gasteiger partial charge >= 0.3 is 0 Å². The molecule has 22 heavy (non-hydrogen) atoms. The van der Waals surface area contributed by atoms with E-state index in [2.05, 4.69) is 22.2 Å². The molecule has 1 aliphatic heterocycles. The van der Waals surface area contributed by atoms with Crippen molar-refractivity contribution in [2.75, 3.05) is 13.7 Å². The average Bonchev–Trinajstić information content (AvgIpc) is 3.19. The molecule has 3 rings (SSSR count).